The quantitative estimate of drug-likeness (QED) is 0.778. The number of H-pyrrole nitrogens is 1. The number of carbonyl (C=O) groups excluding carboxylic acids is 1. The number of hydrogen-bond acceptors (Lipinski definition) is 4. The molecule has 1 saturated heterocycles. The first-order chi connectivity index (χ1) is 11.5. The van der Waals surface area contributed by atoms with E-state index in [1.807, 2.05) is 43.3 Å². The first-order valence-electron chi connectivity index (χ1n) is 7.91. The fraction of sp³-hybridized carbons (Fsp3) is 0.353. The third kappa shape index (κ3) is 2.46. The summed E-state index contributed by atoms with van der Waals surface area (Å²) in [6.07, 6.45) is 5.36. The Balaban J connectivity index is 1.60. The number of nitrogens with one attached hydrogen (secondary N) is 1. The molecule has 0 bridgehead atoms. The van der Waals surface area contributed by atoms with E-state index in [0.717, 1.165) is 16.6 Å². The largest absolute Gasteiger partial charge is 0.367 e. The van der Waals surface area contributed by atoms with E-state index in [1.54, 1.807) is 17.2 Å². The number of hydrogen-bond donors (Lipinski definition) is 1. The summed E-state index contributed by atoms with van der Waals surface area (Å²) in [5.74, 6) is 0.00455. The highest BCUT2D eigenvalue weighted by Crippen LogP contribution is 2.30. The fourth-order valence-corrected chi connectivity index (χ4v) is 3.16. The van der Waals surface area contributed by atoms with Crippen molar-refractivity contribution >= 4 is 16.9 Å². The smallest absolute Gasteiger partial charge is 0.254 e. The highest BCUT2D eigenvalue weighted by atomic mass is 16.5. The van der Waals surface area contributed by atoms with Gasteiger partial charge in [-0.05, 0) is 25.1 Å². The number of ether oxygens (including phenoxy) is 1. The number of aromatic amines is 1. The van der Waals surface area contributed by atoms with Crippen LogP contribution in [0.25, 0.3) is 11.0 Å². The van der Waals surface area contributed by atoms with Gasteiger partial charge in [-0.1, -0.05) is 0 Å². The van der Waals surface area contributed by atoms with Crippen LogP contribution in [0.5, 0.6) is 0 Å². The number of aromatic nitrogens is 4. The van der Waals surface area contributed by atoms with Gasteiger partial charge in [-0.3, -0.25) is 9.48 Å². The van der Waals surface area contributed by atoms with Gasteiger partial charge in [-0.2, -0.15) is 5.10 Å². The summed E-state index contributed by atoms with van der Waals surface area (Å²) in [4.78, 5) is 22.0. The van der Waals surface area contributed by atoms with Crippen molar-refractivity contribution in [3.8, 4) is 0 Å². The monoisotopic (exact) mass is 325 g/mol. The summed E-state index contributed by atoms with van der Waals surface area (Å²) in [6.45, 7) is 3.58. The molecule has 1 amide bonds. The Morgan fingerprint density at radius 3 is 3.08 bits per heavy atom. The maximum Gasteiger partial charge on any atom is 0.254 e. The van der Waals surface area contributed by atoms with Crippen molar-refractivity contribution in [2.75, 3.05) is 19.7 Å². The van der Waals surface area contributed by atoms with Crippen molar-refractivity contribution < 1.29 is 9.53 Å². The van der Waals surface area contributed by atoms with Gasteiger partial charge < -0.3 is 14.6 Å². The Morgan fingerprint density at radius 1 is 1.42 bits per heavy atom. The van der Waals surface area contributed by atoms with Crippen molar-refractivity contribution in [1.29, 1.82) is 0 Å². The van der Waals surface area contributed by atoms with Gasteiger partial charge in [0, 0.05) is 30.9 Å². The molecule has 1 fully saturated rings. The first kappa shape index (κ1) is 14.9. The minimum absolute atomic E-state index is 0.00455. The zero-order chi connectivity index (χ0) is 16.7. The van der Waals surface area contributed by atoms with Crippen molar-refractivity contribution in [3.63, 3.8) is 0 Å². The summed E-state index contributed by atoms with van der Waals surface area (Å²) >= 11 is 0. The molecule has 124 valence electrons. The van der Waals surface area contributed by atoms with Gasteiger partial charge in [0.2, 0.25) is 0 Å². The molecule has 2 aromatic heterocycles. The predicted molar refractivity (Wildman–Crippen MR) is 88.5 cm³/mol. The van der Waals surface area contributed by atoms with E-state index in [0.29, 0.717) is 25.3 Å². The third-order valence-electron chi connectivity index (χ3n) is 4.54. The van der Waals surface area contributed by atoms with Crippen LogP contribution in [0.2, 0.25) is 0 Å². The molecule has 0 aliphatic carbocycles. The minimum Gasteiger partial charge on any atom is -0.367 e. The van der Waals surface area contributed by atoms with E-state index >= 15 is 0 Å². The zero-order valence-corrected chi connectivity index (χ0v) is 13.7. The Bertz CT molecular complexity index is 899. The molecule has 0 unspecified atom stereocenters. The van der Waals surface area contributed by atoms with Gasteiger partial charge in [0.25, 0.3) is 5.91 Å². The van der Waals surface area contributed by atoms with Crippen LogP contribution in [-0.4, -0.2) is 50.3 Å². The molecule has 1 aliphatic heterocycles. The maximum absolute atomic E-state index is 12.9. The number of benzene rings is 1. The lowest BCUT2D eigenvalue weighted by atomic mass is 9.96. The van der Waals surface area contributed by atoms with Gasteiger partial charge in [0.1, 0.15) is 5.60 Å². The van der Waals surface area contributed by atoms with Crippen LogP contribution in [0.15, 0.2) is 36.9 Å². The molecule has 7 nitrogen and oxygen atoms in total. The van der Waals surface area contributed by atoms with E-state index < -0.39 is 5.60 Å². The number of aryl methyl sites for hydroxylation is 1. The number of nitrogens with zero attached hydrogens (tertiary/aromatic N) is 4. The average molecular weight is 325 g/mol. The van der Waals surface area contributed by atoms with Crippen LogP contribution < -0.4 is 0 Å². The zero-order valence-electron chi connectivity index (χ0n) is 13.7. The summed E-state index contributed by atoms with van der Waals surface area (Å²) in [7, 11) is 1.87. The molecule has 24 heavy (non-hydrogen) atoms. The third-order valence-corrected chi connectivity index (χ3v) is 4.54. The van der Waals surface area contributed by atoms with E-state index in [1.165, 1.54) is 0 Å². The second-order valence-electron chi connectivity index (χ2n) is 6.34. The lowest BCUT2D eigenvalue weighted by Gasteiger charge is -2.40. The Morgan fingerprint density at radius 2 is 2.29 bits per heavy atom. The van der Waals surface area contributed by atoms with Crippen LogP contribution >= 0.6 is 0 Å². The van der Waals surface area contributed by atoms with Crippen LogP contribution in [0, 0.1) is 0 Å². The molecule has 7 heteroatoms. The number of carbonyl (C=O) groups is 1. The number of amides is 1. The molecule has 0 radical (unpaired) electrons. The van der Waals surface area contributed by atoms with E-state index in [9.17, 15) is 4.79 Å². The number of imidazole rings is 1. The van der Waals surface area contributed by atoms with Crippen molar-refractivity contribution in [3.05, 3.63) is 48.0 Å². The van der Waals surface area contributed by atoms with Crippen LogP contribution in [-0.2, 0) is 17.4 Å². The second-order valence-corrected chi connectivity index (χ2v) is 6.34. The summed E-state index contributed by atoms with van der Waals surface area (Å²) < 4.78 is 7.72. The molecule has 3 heterocycles. The Labute approximate surface area is 139 Å². The van der Waals surface area contributed by atoms with Crippen molar-refractivity contribution in [2.24, 2.45) is 7.05 Å². The number of morpholine rings is 1. The van der Waals surface area contributed by atoms with Gasteiger partial charge in [-0.15, -0.1) is 0 Å². The molecule has 4 rings (SSSR count). The maximum atomic E-state index is 12.9. The van der Waals surface area contributed by atoms with Gasteiger partial charge in [0.15, 0.2) is 0 Å². The van der Waals surface area contributed by atoms with Crippen LogP contribution in [0.3, 0.4) is 0 Å². The van der Waals surface area contributed by atoms with Crippen molar-refractivity contribution in [1.82, 2.24) is 24.6 Å². The highest BCUT2D eigenvalue weighted by Gasteiger charge is 2.37. The Hall–Kier alpha value is -2.67. The SMILES string of the molecule is Cn1cc([C@@]2(C)CN(C(=O)c3ccc4nc[nH]c4c3)CCO2)cn1. The first-order valence-corrected chi connectivity index (χ1v) is 7.91. The summed E-state index contributed by atoms with van der Waals surface area (Å²) in [6, 6.07) is 5.53. The topological polar surface area (TPSA) is 76.0 Å². The summed E-state index contributed by atoms with van der Waals surface area (Å²) in [5.41, 5.74) is 2.81. The van der Waals surface area contributed by atoms with Crippen LogP contribution in [0.1, 0.15) is 22.8 Å². The van der Waals surface area contributed by atoms with Gasteiger partial charge in [-0.25, -0.2) is 4.98 Å². The molecule has 1 atom stereocenters. The molecular weight excluding hydrogens is 306 g/mol. The van der Waals surface area contributed by atoms with Gasteiger partial charge >= 0.3 is 0 Å². The Kier molecular flexibility index (Phi) is 3.38. The molecular formula is C17H19N5O2. The molecule has 1 N–H and O–H groups in total. The molecule has 1 aromatic carbocycles. The second kappa shape index (κ2) is 5.45. The lowest BCUT2D eigenvalue weighted by molar-refractivity contribution is -0.0931. The van der Waals surface area contributed by atoms with Gasteiger partial charge in [0.05, 0.1) is 36.7 Å². The molecule has 0 saturated carbocycles. The van der Waals surface area contributed by atoms with Crippen molar-refractivity contribution in [2.45, 2.75) is 12.5 Å². The number of fused-ring (bicyclic) bond motifs is 1. The highest BCUT2D eigenvalue weighted by molar-refractivity contribution is 5.97. The summed E-state index contributed by atoms with van der Waals surface area (Å²) in [5, 5.41) is 4.22. The van der Waals surface area contributed by atoms with E-state index in [4.69, 9.17) is 4.74 Å². The minimum atomic E-state index is -0.541. The van der Waals surface area contributed by atoms with E-state index in [2.05, 4.69) is 15.1 Å². The predicted octanol–water partition coefficient (Wildman–Crippen LogP) is 1.68. The average Bonchev–Trinajstić information content (AvgIpc) is 3.22. The standard InChI is InChI=1S/C17H19N5O2/c1-17(13-8-20-21(2)9-13)10-22(5-6-24-17)16(23)12-3-4-14-15(7-12)19-11-18-14/h3-4,7-9,11H,5-6,10H2,1-2H3,(H,18,19)/t17-/m1/s1. The number of rotatable bonds is 2. The molecule has 1 aliphatic rings. The van der Waals surface area contributed by atoms with E-state index in [-0.39, 0.29) is 5.91 Å². The lowest BCUT2D eigenvalue weighted by Crippen LogP contribution is -2.50. The fourth-order valence-electron chi connectivity index (χ4n) is 3.16. The van der Waals surface area contributed by atoms with Crippen LogP contribution in [0.4, 0.5) is 0 Å². The normalized spacial score (nSPS) is 21.3. The molecule has 3 aromatic rings. The molecule has 0 spiro atoms.